The second-order valence-electron chi connectivity index (χ2n) is 4.41. The maximum Gasteiger partial charge on any atom is 0.150 e. The second kappa shape index (κ2) is 6.87. The quantitative estimate of drug-likeness (QED) is 0.853. The van der Waals surface area contributed by atoms with Crippen molar-refractivity contribution in [2.45, 2.75) is 6.10 Å². The lowest BCUT2D eigenvalue weighted by Gasteiger charge is -2.14. The molecule has 2 aromatic rings. The van der Waals surface area contributed by atoms with Crippen molar-refractivity contribution in [1.82, 2.24) is 0 Å². The molecule has 2 N–H and O–H groups in total. The molecule has 0 aliphatic carbocycles. The molecule has 0 amide bonds. The molecule has 0 heterocycles. The summed E-state index contributed by atoms with van der Waals surface area (Å²) in [6, 6.07) is 9.12. The van der Waals surface area contributed by atoms with E-state index in [2.05, 4.69) is 21.2 Å². The van der Waals surface area contributed by atoms with E-state index in [9.17, 15) is 13.9 Å². The van der Waals surface area contributed by atoms with E-state index in [1.807, 2.05) is 0 Å². The molecule has 6 heteroatoms. The smallest absolute Gasteiger partial charge is 0.150 e. The topological polar surface area (TPSA) is 41.5 Å². The summed E-state index contributed by atoms with van der Waals surface area (Å²) in [4.78, 5) is 0. The Morgan fingerprint density at radius 1 is 1.19 bits per heavy atom. The molecule has 0 spiro atoms. The zero-order chi connectivity index (χ0) is 15.4. The van der Waals surface area contributed by atoms with Crippen LogP contribution in [-0.4, -0.2) is 18.8 Å². The Bertz CT molecular complexity index is 597. The number of anilines is 1. The molecule has 21 heavy (non-hydrogen) atoms. The van der Waals surface area contributed by atoms with Gasteiger partial charge in [-0.25, -0.2) is 8.78 Å². The normalized spacial score (nSPS) is 12.0. The van der Waals surface area contributed by atoms with Gasteiger partial charge in [0.05, 0.1) is 13.2 Å². The summed E-state index contributed by atoms with van der Waals surface area (Å²) in [6.07, 6.45) is -0.890. The minimum Gasteiger partial charge on any atom is -0.497 e. The Morgan fingerprint density at radius 3 is 2.29 bits per heavy atom. The molecule has 0 fully saturated rings. The Kier molecular flexibility index (Phi) is 5.14. The molecule has 0 radical (unpaired) electrons. The molecule has 0 saturated heterocycles. The van der Waals surface area contributed by atoms with Crippen molar-refractivity contribution in [3.05, 3.63) is 58.1 Å². The van der Waals surface area contributed by atoms with Crippen LogP contribution in [0.3, 0.4) is 0 Å². The van der Waals surface area contributed by atoms with E-state index in [1.165, 1.54) is 0 Å². The first-order valence-corrected chi connectivity index (χ1v) is 7.01. The van der Waals surface area contributed by atoms with Crippen molar-refractivity contribution < 1.29 is 18.6 Å². The molecule has 2 aromatic carbocycles. The van der Waals surface area contributed by atoms with Gasteiger partial charge >= 0.3 is 0 Å². The van der Waals surface area contributed by atoms with Crippen molar-refractivity contribution in [3.8, 4) is 5.75 Å². The number of halogens is 3. The number of hydrogen-bond acceptors (Lipinski definition) is 3. The highest BCUT2D eigenvalue weighted by atomic mass is 79.9. The number of aliphatic hydroxyl groups is 1. The highest BCUT2D eigenvalue weighted by molar-refractivity contribution is 9.10. The first-order chi connectivity index (χ1) is 10.0. The van der Waals surface area contributed by atoms with E-state index >= 15 is 0 Å². The van der Waals surface area contributed by atoms with E-state index in [0.29, 0.717) is 15.8 Å². The van der Waals surface area contributed by atoms with Crippen molar-refractivity contribution in [3.63, 3.8) is 0 Å². The van der Waals surface area contributed by atoms with Gasteiger partial charge in [0.25, 0.3) is 0 Å². The summed E-state index contributed by atoms with van der Waals surface area (Å²) >= 11 is 3.01. The van der Waals surface area contributed by atoms with Gasteiger partial charge in [0.2, 0.25) is 0 Å². The zero-order valence-corrected chi connectivity index (χ0v) is 12.8. The summed E-state index contributed by atoms with van der Waals surface area (Å²) < 4.78 is 32.6. The standard InChI is InChI=1S/C15H14BrF2NO2/c1-21-11-4-2-9(3-5-11)14(20)8-19-15-12(17)6-10(16)7-13(15)18/h2-7,14,19-20H,8H2,1H3. The van der Waals surface area contributed by atoms with Gasteiger partial charge in [0.15, 0.2) is 0 Å². The number of ether oxygens (including phenoxy) is 1. The molecule has 0 aromatic heterocycles. The number of benzene rings is 2. The predicted octanol–water partition coefficient (Wildman–Crippen LogP) is 3.88. The van der Waals surface area contributed by atoms with Crippen molar-refractivity contribution in [2.75, 3.05) is 19.0 Å². The van der Waals surface area contributed by atoms with Crippen LogP contribution in [0, 0.1) is 11.6 Å². The summed E-state index contributed by atoms with van der Waals surface area (Å²) in [7, 11) is 1.55. The van der Waals surface area contributed by atoms with Crippen LogP contribution >= 0.6 is 15.9 Å². The number of hydrogen-bond donors (Lipinski definition) is 2. The second-order valence-corrected chi connectivity index (χ2v) is 5.33. The fourth-order valence-corrected chi connectivity index (χ4v) is 2.26. The minimum absolute atomic E-state index is 0.0121. The van der Waals surface area contributed by atoms with Gasteiger partial charge in [0.1, 0.15) is 23.1 Å². The third-order valence-electron chi connectivity index (χ3n) is 2.98. The van der Waals surface area contributed by atoms with E-state index in [-0.39, 0.29) is 12.2 Å². The fourth-order valence-electron chi connectivity index (χ4n) is 1.85. The summed E-state index contributed by atoms with van der Waals surface area (Å²) in [5, 5.41) is 12.6. The zero-order valence-electron chi connectivity index (χ0n) is 11.2. The lowest BCUT2D eigenvalue weighted by molar-refractivity contribution is 0.191. The highest BCUT2D eigenvalue weighted by Gasteiger charge is 2.13. The Hall–Kier alpha value is -1.66. The first kappa shape index (κ1) is 15.7. The molecule has 1 atom stereocenters. The van der Waals surface area contributed by atoms with Gasteiger partial charge in [-0.3, -0.25) is 0 Å². The van der Waals surface area contributed by atoms with Crippen LogP contribution in [0.5, 0.6) is 5.75 Å². The molecule has 0 aliphatic heterocycles. The number of aliphatic hydroxyl groups excluding tert-OH is 1. The number of nitrogens with one attached hydrogen (secondary N) is 1. The number of methoxy groups -OCH3 is 1. The number of rotatable bonds is 5. The molecule has 0 aliphatic rings. The van der Waals surface area contributed by atoms with Gasteiger partial charge in [-0.1, -0.05) is 28.1 Å². The minimum atomic E-state index is -0.890. The largest absolute Gasteiger partial charge is 0.497 e. The predicted molar refractivity (Wildman–Crippen MR) is 80.5 cm³/mol. The van der Waals surface area contributed by atoms with E-state index in [0.717, 1.165) is 12.1 Å². The fraction of sp³-hybridized carbons (Fsp3) is 0.200. The van der Waals surface area contributed by atoms with Crippen LogP contribution in [0.2, 0.25) is 0 Å². The molecular formula is C15H14BrF2NO2. The van der Waals surface area contributed by atoms with E-state index < -0.39 is 17.7 Å². The highest BCUT2D eigenvalue weighted by Crippen LogP contribution is 2.25. The van der Waals surface area contributed by atoms with Crippen LogP contribution in [0.4, 0.5) is 14.5 Å². The van der Waals surface area contributed by atoms with E-state index in [1.54, 1.807) is 31.4 Å². The van der Waals surface area contributed by atoms with Gasteiger partial charge in [-0.2, -0.15) is 0 Å². The molecule has 0 bridgehead atoms. The Morgan fingerprint density at radius 2 is 1.76 bits per heavy atom. The van der Waals surface area contributed by atoms with E-state index in [4.69, 9.17) is 4.74 Å². The maximum atomic E-state index is 13.6. The molecule has 2 rings (SSSR count). The molecule has 112 valence electrons. The van der Waals surface area contributed by atoms with Crippen molar-refractivity contribution >= 4 is 21.6 Å². The van der Waals surface area contributed by atoms with Crippen LogP contribution in [0.15, 0.2) is 40.9 Å². The first-order valence-electron chi connectivity index (χ1n) is 6.21. The summed E-state index contributed by atoms with van der Waals surface area (Å²) in [5.74, 6) is -0.767. The van der Waals surface area contributed by atoms with Crippen molar-refractivity contribution in [2.24, 2.45) is 0 Å². The van der Waals surface area contributed by atoms with Crippen LogP contribution in [-0.2, 0) is 0 Å². The molecule has 0 saturated carbocycles. The lowest BCUT2D eigenvalue weighted by Crippen LogP contribution is -2.14. The summed E-state index contributed by atoms with van der Waals surface area (Å²) in [6.45, 7) is -0.0121. The molecule has 3 nitrogen and oxygen atoms in total. The third kappa shape index (κ3) is 3.92. The van der Waals surface area contributed by atoms with Gasteiger partial charge in [-0.15, -0.1) is 0 Å². The van der Waals surface area contributed by atoms with Crippen LogP contribution in [0.1, 0.15) is 11.7 Å². The van der Waals surface area contributed by atoms with Crippen LogP contribution in [0.25, 0.3) is 0 Å². The molecular weight excluding hydrogens is 344 g/mol. The van der Waals surface area contributed by atoms with Gasteiger partial charge < -0.3 is 15.2 Å². The average molecular weight is 358 g/mol. The van der Waals surface area contributed by atoms with Gasteiger partial charge in [0, 0.05) is 11.0 Å². The van der Waals surface area contributed by atoms with Crippen LogP contribution < -0.4 is 10.1 Å². The average Bonchev–Trinajstić information content (AvgIpc) is 2.46. The maximum absolute atomic E-state index is 13.6. The Balaban J connectivity index is 2.05. The summed E-state index contributed by atoms with van der Waals surface area (Å²) in [5.41, 5.74) is 0.368. The lowest BCUT2D eigenvalue weighted by atomic mass is 10.1. The Labute approximate surface area is 129 Å². The van der Waals surface area contributed by atoms with Gasteiger partial charge in [-0.05, 0) is 29.8 Å². The third-order valence-corrected chi connectivity index (χ3v) is 3.44. The SMILES string of the molecule is COc1ccc(C(O)CNc2c(F)cc(Br)cc2F)cc1. The monoisotopic (exact) mass is 357 g/mol. The molecule has 1 unspecified atom stereocenters. The van der Waals surface area contributed by atoms with Crippen molar-refractivity contribution in [1.29, 1.82) is 0 Å².